The van der Waals surface area contributed by atoms with Crippen LogP contribution in [0.2, 0.25) is 0 Å². The van der Waals surface area contributed by atoms with E-state index in [1.807, 2.05) is 24.4 Å². The summed E-state index contributed by atoms with van der Waals surface area (Å²) in [6, 6.07) is 10.4. The van der Waals surface area contributed by atoms with Crippen molar-refractivity contribution in [1.82, 2.24) is 14.9 Å². The number of nitrogens with one attached hydrogen (secondary N) is 1. The van der Waals surface area contributed by atoms with Crippen LogP contribution in [0.15, 0.2) is 48.0 Å². The van der Waals surface area contributed by atoms with Gasteiger partial charge in [-0.25, -0.2) is 4.98 Å². The largest absolute Gasteiger partial charge is 0.352 e. The zero-order valence-electron chi connectivity index (χ0n) is 13.0. The summed E-state index contributed by atoms with van der Waals surface area (Å²) < 4.78 is 2.22. The van der Waals surface area contributed by atoms with Gasteiger partial charge in [0.2, 0.25) is 5.91 Å². The number of rotatable bonds is 6. The Kier molecular flexibility index (Phi) is 4.88. The highest BCUT2D eigenvalue weighted by molar-refractivity contribution is 7.09. The molecule has 2 heterocycles. The summed E-state index contributed by atoms with van der Waals surface area (Å²) in [7, 11) is 0. The molecule has 2 aromatic heterocycles. The number of carbonyl (C=O) groups excluding carboxylic acids is 1. The van der Waals surface area contributed by atoms with Gasteiger partial charge in [-0.2, -0.15) is 0 Å². The van der Waals surface area contributed by atoms with E-state index >= 15 is 0 Å². The van der Waals surface area contributed by atoms with E-state index in [-0.39, 0.29) is 5.91 Å². The molecule has 0 bridgehead atoms. The number of aryl methyl sites for hydroxylation is 2. The lowest BCUT2D eigenvalue weighted by atomic mass is 10.2. The molecule has 0 atom stereocenters. The average molecular weight is 325 g/mol. The quantitative estimate of drug-likeness (QED) is 0.556. The Morgan fingerprint density at radius 1 is 1.35 bits per heavy atom. The Hall–Kier alpha value is -2.40. The van der Waals surface area contributed by atoms with Gasteiger partial charge in [0.05, 0.1) is 10.7 Å². The van der Waals surface area contributed by atoms with Gasteiger partial charge in [0.1, 0.15) is 0 Å². The molecular formula is C18H19N3OS. The predicted octanol–water partition coefficient (Wildman–Crippen LogP) is 3.63. The fourth-order valence-corrected chi connectivity index (χ4v) is 3.05. The maximum atomic E-state index is 11.8. The molecule has 3 rings (SSSR count). The molecule has 4 nitrogen and oxygen atoms in total. The minimum Gasteiger partial charge on any atom is -0.352 e. The van der Waals surface area contributed by atoms with Crippen LogP contribution in [0.4, 0.5) is 0 Å². The summed E-state index contributed by atoms with van der Waals surface area (Å²) in [5.41, 5.74) is 2.07. The van der Waals surface area contributed by atoms with E-state index < -0.39 is 0 Å². The number of fused-ring (bicyclic) bond motifs is 1. The number of aromatic nitrogens is 2. The summed E-state index contributed by atoms with van der Waals surface area (Å²) in [6.45, 7) is 3.50. The van der Waals surface area contributed by atoms with E-state index in [0.717, 1.165) is 23.7 Å². The Labute approximate surface area is 139 Å². The highest BCUT2D eigenvalue weighted by Gasteiger charge is 2.00. The molecule has 118 valence electrons. The van der Waals surface area contributed by atoms with E-state index in [1.54, 1.807) is 23.5 Å². The molecule has 5 heteroatoms. The number of thiazole rings is 1. The van der Waals surface area contributed by atoms with Crippen LogP contribution < -0.4 is 5.32 Å². The normalized spacial score (nSPS) is 11.3. The first-order valence-electron chi connectivity index (χ1n) is 7.64. The molecule has 0 aliphatic carbocycles. The van der Waals surface area contributed by atoms with Gasteiger partial charge in [-0.1, -0.05) is 18.2 Å². The molecule has 1 aromatic carbocycles. The van der Waals surface area contributed by atoms with Crippen molar-refractivity contribution in [2.75, 3.05) is 6.54 Å². The van der Waals surface area contributed by atoms with Gasteiger partial charge in [-0.15, -0.1) is 11.3 Å². The number of carbonyl (C=O) groups is 1. The minimum atomic E-state index is -0.0759. The molecule has 3 aromatic rings. The van der Waals surface area contributed by atoms with Crippen molar-refractivity contribution in [1.29, 1.82) is 0 Å². The van der Waals surface area contributed by atoms with E-state index in [0.29, 0.717) is 6.54 Å². The van der Waals surface area contributed by atoms with Crippen LogP contribution in [0.1, 0.15) is 17.1 Å². The van der Waals surface area contributed by atoms with Gasteiger partial charge in [0.15, 0.2) is 0 Å². The van der Waals surface area contributed by atoms with Crippen LogP contribution in [-0.2, 0) is 11.3 Å². The zero-order valence-corrected chi connectivity index (χ0v) is 13.8. The fourth-order valence-electron chi connectivity index (χ4n) is 2.47. The van der Waals surface area contributed by atoms with E-state index in [1.165, 1.54) is 10.9 Å². The molecule has 1 N–H and O–H groups in total. The van der Waals surface area contributed by atoms with Gasteiger partial charge in [-0.05, 0) is 36.9 Å². The van der Waals surface area contributed by atoms with Crippen LogP contribution in [0.3, 0.4) is 0 Å². The first-order chi connectivity index (χ1) is 11.2. The van der Waals surface area contributed by atoms with Crippen molar-refractivity contribution < 1.29 is 4.79 Å². The van der Waals surface area contributed by atoms with E-state index in [4.69, 9.17) is 0 Å². The number of hydrogen-bond donors (Lipinski definition) is 1. The maximum absolute atomic E-state index is 11.8. The van der Waals surface area contributed by atoms with Gasteiger partial charge < -0.3 is 9.88 Å². The van der Waals surface area contributed by atoms with Gasteiger partial charge in [0, 0.05) is 36.3 Å². The second kappa shape index (κ2) is 7.24. The summed E-state index contributed by atoms with van der Waals surface area (Å²) in [5.74, 6) is -0.0759. The topological polar surface area (TPSA) is 46.9 Å². The lowest BCUT2D eigenvalue weighted by Crippen LogP contribution is -2.23. The maximum Gasteiger partial charge on any atom is 0.244 e. The second-order valence-corrected chi connectivity index (χ2v) is 6.40. The second-order valence-electron chi connectivity index (χ2n) is 5.34. The molecule has 0 aliphatic rings. The third-order valence-electron chi connectivity index (χ3n) is 3.60. The summed E-state index contributed by atoms with van der Waals surface area (Å²) >= 11 is 1.58. The number of nitrogens with zero attached hydrogens (tertiary/aromatic N) is 2. The molecule has 0 spiro atoms. The molecule has 0 unspecified atom stereocenters. The SMILES string of the molecule is Cc1nc(/C=C/C(=O)NCCCn2ccc3ccccc32)cs1. The highest BCUT2D eigenvalue weighted by Crippen LogP contribution is 2.15. The number of amides is 1. The average Bonchev–Trinajstić information content (AvgIpc) is 3.16. The monoisotopic (exact) mass is 325 g/mol. The molecule has 23 heavy (non-hydrogen) atoms. The van der Waals surface area contributed by atoms with Crippen LogP contribution in [0.25, 0.3) is 17.0 Å². The number of benzene rings is 1. The van der Waals surface area contributed by atoms with Gasteiger partial charge >= 0.3 is 0 Å². The van der Waals surface area contributed by atoms with Crippen molar-refractivity contribution in [3.8, 4) is 0 Å². The first-order valence-corrected chi connectivity index (χ1v) is 8.52. The van der Waals surface area contributed by atoms with Gasteiger partial charge in [0.25, 0.3) is 0 Å². The molecule has 0 saturated heterocycles. The third-order valence-corrected chi connectivity index (χ3v) is 4.39. The van der Waals surface area contributed by atoms with Crippen molar-refractivity contribution >= 4 is 34.2 Å². The van der Waals surface area contributed by atoms with Crippen molar-refractivity contribution in [3.63, 3.8) is 0 Å². The Morgan fingerprint density at radius 2 is 2.22 bits per heavy atom. The Balaban J connectivity index is 1.44. The van der Waals surface area contributed by atoms with Gasteiger partial charge in [-0.3, -0.25) is 4.79 Å². The van der Waals surface area contributed by atoms with Crippen molar-refractivity contribution in [3.05, 3.63) is 58.7 Å². The predicted molar refractivity (Wildman–Crippen MR) is 95.4 cm³/mol. The van der Waals surface area contributed by atoms with Crippen LogP contribution in [0, 0.1) is 6.92 Å². The van der Waals surface area contributed by atoms with Crippen molar-refractivity contribution in [2.45, 2.75) is 19.9 Å². The lowest BCUT2D eigenvalue weighted by molar-refractivity contribution is -0.116. The Bertz CT molecular complexity index is 832. The van der Waals surface area contributed by atoms with Crippen molar-refractivity contribution in [2.24, 2.45) is 0 Å². The van der Waals surface area contributed by atoms with Crippen LogP contribution in [-0.4, -0.2) is 22.0 Å². The smallest absolute Gasteiger partial charge is 0.244 e. The number of hydrogen-bond acceptors (Lipinski definition) is 3. The third kappa shape index (κ3) is 4.07. The molecule has 0 saturated carbocycles. The minimum absolute atomic E-state index is 0.0759. The molecule has 0 radical (unpaired) electrons. The van der Waals surface area contributed by atoms with Crippen LogP contribution in [0.5, 0.6) is 0 Å². The van der Waals surface area contributed by atoms with E-state index in [2.05, 4.69) is 39.3 Å². The standard InChI is InChI=1S/C18H19N3OS/c1-14-20-16(13-23-14)7-8-18(22)19-10-4-11-21-12-9-15-5-2-3-6-17(15)21/h2-3,5-9,12-13H,4,10-11H2,1H3,(H,19,22)/b8-7+. The molecule has 0 aliphatic heterocycles. The molecule has 0 fully saturated rings. The number of para-hydroxylation sites is 1. The molecule has 1 amide bonds. The summed E-state index contributed by atoms with van der Waals surface area (Å²) in [6.07, 6.45) is 6.28. The summed E-state index contributed by atoms with van der Waals surface area (Å²) in [4.78, 5) is 16.1. The molecular weight excluding hydrogens is 306 g/mol. The van der Waals surface area contributed by atoms with E-state index in [9.17, 15) is 4.79 Å². The zero-order chi connectivity index (χ0) is 16.1. The summed E-state index contributed by atoms with van der Waals surface area (Å²) in [5, 5.41) is 7.10. The lowest BCUT2D eigenvalue weighted by Gasteiger charge is -2.06. The fraction of sp³-hybridized carbons (Fsp3) is 0.222. The Morgan fingerprint density at radius 3 is 3.04 bits per heavy atom. The highest BCUT2D eigenvalue weighted by atomic mass is 32.1. The van der Waals surface area contributed by atoms with Crippen LogP contribution >= 0.6 is 11.3 Å². The first kappa shape index (κ1) is 15.5.